The highest BCUT2D eigenvalue weighted by molar-refractivity contribution is 9.10. The molecule has 0 unspecified atom stereocenters. The maximum absolute atomic E-state index is 11.2. The number of aromatic nitrogens is 1. The van der Waals surface area contributed by atoms with Crippen molar-refractivity contribution in [1.82, 2.24) is 4.98 Å². The lowest BCUT2D eigenvalue weighted by atomic mass is 10.1. The molecular weight excluding hydrogens is 320 g/mol. The standard InChI is InChI=1S/C15H15BrN2O2/c1-2-10-5-3-4-6-11(10)8-17-14-13(15(19)20)7-12(16)9-18-14/h3-7,9H,2,8H2,1H3,(H,17,18)(H,19,20). The zero-order chi connectivity index (χ0) is 14.5. The van der Waals surface area contributed by atoms with Gasteiger partial charge in [0.15, 0.2) is 0 Å². The number of nitrogens with one attached hydrogen (secondary N) is 1. The van der Waals surface area contributed by atoms with Crippen molar-refractivity contribution >= 4 is 27.7 Å². The molecule has 2 N–H and O–H groups in total. The molecule has 0 saturated carbocycles. The number of aromatic carboxylic acids is 1. The molecule has 1 aromatic heterocycles. The highest BCUT2D eigenvalue weighted by atomic mass is 79.9. The van der Waals surface area contributed by atoms with E-state index in [-0.39, 0.29) is 5.56 Å². The highest BCUT2D eigenvalue weighted by Gasteiger charge is 2.12. The number of anilines is 1. The van der Waals surface area contributed by atoms with Crippen molar-refractivity contribution in [2.45, 2.75) is 19.9 Å². The van der Waals surface area contributed by atoms with Crippen LogP contribution in [0.15, 0.2) is 41.0 Å². The van der Waals surface area contributed by atoms with E-state index in [0.29, 0.717) is 16.8 Å². The molecule has 4 nitrogen and oxygen atoms in total. The van der Waals surface area contributed by atoms with Crippen LogP contribution in [0.5, 0.6) is 0 Å². The molecule has 2 aromatic rings. The third-order valence-corrected chi connectivity index (χ3v) is 3.46. The van der Waals surface area contributed by atoms with Crippen molar-refractivity contribution in [3.63, 3.8) is 0 Å². The SMILES string of the molecule is CCc1ccccc1CNc1ncc(Br)cc1C(=O)O. The normalized spacial score (nSPS) is 10.3. The molecule has 1 heterocycles. The summed E-state index contributed by atoms with van der Waals surface area (Å²) >= 11 is 3.23. The van der Waals surface area contributed by atoms with Gasteiger partial charge in [-0.3, -0.25) is 0 Å². The third kappa shape index (κ3) is 3.36. The van der Waals surface area contributed by atoms with E-state index >= 15 is 0 Å². The van der Waals surface area contributed by atoms with Crippen molar-refractivity contribution in [2.75, 3.05) is 5.32 Å². The number of pyridine rings is 1. The van der Waals surface area contributed by atoms with Gasteiger partial charge in [0, 0.05) is 17.2 Å². The molecule has 0 aliphatic carbocycles. The molecule has 0 saturated heterocycles. The molecule has 0 fully saturated rings. The second-order valence-electron chi connectivity index (χ2n) is 4.33. The van der Waals surface area contributed by atoms with Crippen LogP contribution in [0.1, 0.15) is 28.4 Å². The van der Waals surface area contributed by atoms with E-state index in [1.165, 1.54) is 5.56 Å². The van der Waals surface area contributed by atoms with E-state index in [2.05, 4.69) is 39.2 Å². The van der Waals surface area contributed by atoms with Gasteiger partial charge in [0.25, 0.3) is 0 Å². The Hall–Kier alpha value is -1.88. The van der Waals surface area contributed by atoms with Crippen LogP contribution in [-0.4, -0.2) is 16.1 Å². The van der Waals surface area contributed by atoms with Crippen LogP contribution < -0.4 is 5.32 Å². The number of carboxylic acids is 1. The number of carboxylic acid groups (broad SMARTS) is 1. The Kier molecular flexibility index (Phi) is 4.74. The quantitative estimate of drug-likeness (QED) is 0.874. The lowest BCUT2D eigenvalue weighted by Gasteiger charge is -2.11. The molecule has 0 amide bonds. The monoisotopic (exact) mass is 334 g/mol. The van der Waals surface area contributed by atoms with Gasteiger partial charge in [-0.1, -0.05) is 31.2 Å². The molecule has 2 rings (SSSR count). The summed E-state index contributed by atoms with van der Waals surface area (Å²) in [6.45, 7) is 2.65. The predicted molar refractivity (Wildman–Crippen MR) is 82.0 cm³/mol. The number of carbonyl (C=O) groups is 1. The third-order valence-electron chi connectivity index (χ3n) is 3.03. The van der Waals surface area contributed by atoms with Crippen molar-refractivity contribution in [1.29, 1.82) is 0 Å². The first-order chi connectivity index (χ1) is 9.61. The molecule has 0 spiro atoms. The molecular formula is C15H15BrN2O2. The van der Waals surface area contributed by atoms with Gasteiger partial charge in [0.1, 0.15) is 11.4 Å². The van der Waals surface area contributed by atoms with E-state index in [0.717, 1.165) is 12.0 Å². The van der Waals surface area contributed by atoms with Gasteiger partial charge in [-0.05, 0) is 39.5 Å². The minimum absolute atomic E-state index is 0.161. The first kappa shape index (κ1) is 14.5. The second-order valence-corrected chi connectivity index (χ2v) is 5.25. The maximum Gasteiger partial charge on any atom is 0.339 e. The van der Waals surface area contributed by atoms with Crippen LogP contribution in [0, 0.1) is 0 Å². The maximum atomic E-state index is 11.2. The second kappa shape index (κ2) is 6.52. The molecule has 1 aromatic carbocycles. The van der Waals surface area contributed by atoms with Crippen LogP contribution >= 0.6 is 15.9 Å². The minimum atomic E-state index is -0.995. The fourth-order valence-corrected chi connectivity index (χ4v) is 2.33. The van der Waals surface area contributed by atoms with E-state index in [9.17, 15) is 9.90 Å². The van der Waals surface area contributed by atoms with E-state index in [4.69, 9.17) is 0 Å². The number of benzene rings is 1. The summed E-state index contributed by atoms with van der Waals surface area (Å²) in [6.07, 6.45) is 2.53. The minimum Gasteiger partial charge on any atom is -0.478 e. The first-order valence-electron chi connectivity index (χ1n) is 6.31. The van der Waals surface area contributed by atoms with E-state index in [1.54, 1.807) is 12.3 Å². The van der Waals surface area contributed by atoms with Crippen LogP contribution in [0.25, 0.3) is 0 Å². The van der Waals surface area contributed by atoms with Crippen molar-refractivity contribution in [3.05, 3.63) is 57.7 Å². The van der Waals surface area contributed by atoms with Gasteiger partial charge in [0.05, 0.1) is 0 Å². The number of hydrogen-bond donors (Lipinski definition) is 2. The molecule has 0 aliphatic heterocycles. The summed E-state index contributed by atoms with van der Waals surface area (Å²) in [5.74, 6) is -0.614. The molecule has 0 bridgehead atoms. The summed E-state index contributed by atoms with van der Waals surface area (Å²) in [5, 5.41) is 12.3. The van der Waals surface area contributed by atoms with Gasteiger partial charge in [0.2, 0.25) is 0 Å². The molecule has 0 radical (unpaired) electrons. The van der Waals surface area contributed by atoms with E-state index < -0.39 is 5.97 Å². The topological polar surface area (TPSA) is 62.2 Å². The van der Waals surface area contributed by atoms with Gasteiger partial charge in [-0.15, -0.1) is 0 Å². The van der Waals surface area contributed by atoms with Crippen LogP contribution in [0.4, 0.5) is 5.82 Å². The van der Waals surface area contributed by atoms with Gasteiger partial charge in [-0.2, -0.15) is 0 Å². The fourth-order valence-electron chi connectivity index (χ4n) is 2.00. The van der Waals surface area contributed by atoms with Crippen LogP contribution in [0.2, 0.25) is 0 Å². The van der Waals surface area contributed by atoms with Crippen LogP contribution in [0.3, 0.4) is 0 Å². The average molecular weight is 335 g/mol. The Morgan fingerprint density at radius 1 is 1.35 bits per heavy atom. The molecule has 0 aliphatic rings. The average Bonchev–Trinajstić information content (AvgIpc) is 2.46. The Balaban J connectivity index is 2.21. The highest BCUT2D eigenvalue weighted by Crippen LogP contribution is 2.19. The lowest BCUT2D eigenvalue weighted by Crippen LogP contribution is -2.09. The number of hydrogen-bond acceptors (Lipinski definition) is 3. The summed E-state index contributed by atoms with van der Waals surface area (Å²) in [7, 11) is 0. The fraction of sp³-hybridized carbons (Fsp3) is 0.200. The summed E-state index contributed by atoms with van der Waals surface area (Å²) in [5.41, 5.74) is 2.55. The molecule has 0 atom stereocenters. The largest absolute Gasteiger partial charge is 0.478 e. The number of halogens is 1. The smallest absolute Gasteiger partial charge is 0.339 e. The molecule has 20 heavy (non-hydrogen) atoms. The summed E-state index contributed by atoms with van der Waals surface area (Å²) in [4.78, 5) is 15.3. The number of aryl methyl sites for hydroxylation is 1. The van der Waals surface area contributed by atoms with Crippen molar-refractivity contribution < 1.29 is 9.90 Å². The van der Waals surface area contributed by atoms with Crippen molar-refractivity contribution in [2.24, 2.45) is 0 Å². The van der Waals surface area contributed by atoms with Gasteiger partial charge < -0.3 is 10.4 Å². The summed E-state index contributed by atoms with van der Waals surface area (Å²) < 4.78 is 0.648. The lowest BCUT2D eigenvalue weighted by molar-refractivity contribution is 0.0697. The Bertz CT molecular complexity index is 629. The zero-order valence-corrected chi connectivity index (χ0v) is 12.6. The van der Waals surface area contributed by atoms with Gasteiger partial charge >= 0.3 is 5.97 Å². The summed E-state index contributed by atoms with van der Waals surface area (Å²) in [6, 6.07) is 9.63. The number of rotatable bonds is 5. The van der Waals surface area contributed by atoms with Gasteiger partial charge in [-0.25, -0.2) is 9.78 Å². The molecule has 5 heteroatoms. The van der Waals surface area contributed by atoms with Crippen molar-refractivity contribution in [3.8, 4) is 0 Å². The Morgan fingerprint density at radius 2 is 2.05 bits per heavy atom. The Morgan fingerprint density at radius 3 is 2.70 bits per heavy atom. The van der Waals surface area contributed by atoms with Crippen LogP contribution in [-0.2, 0) is 13.0 Å². The van der Waals surface area contributed by atoms with E-state index in [1.807, 2.05) is 18.2 Å². The first-order valence-corrected chi connectivity index (χ1v) is 7.10. The molecule has 104 valence electrons. The number of nitrogens with zero attached hydrogens (tertiary/aromatic N) is 1. The predicted octanol–water partition coefficient (Wildman–Crippen LogP) is 3.72. The zero-order valence-electron chi connectivity index (χ0n) is 11.1. The Labute approximate surface area is 126 Å².